The van der Waals surface area contributed by atoms with E-state index in [0.717, 1.165) is 31.6 Å². The maximum atomic E-state index is 10.9. The van der Waals surface area contributed by atoms with Gasteiger partial charge in [-0.2, -0.15) is 5.10 Å². The molecule has 3 rings (SSSR count). The molecule has 7 nitrogen and oxygen atoms in total. The maximum absolute atomic E-state index is 10.9. The minimum atomic E-state index is -0.337. The number of hydrogen-bond acceptors (Lipinski definition) is 5. The zero-order valence-electron chi connectivity index (χ0n) is 11.8. The van der Waals surface area contributed by atoms with Crippen LogP contribution in [0.5, 0.6) is 0 Å². The van der Waals surface area contributed by atoms with Crippen molar-refractivity contribution in [3.8, 4) is 0 Å². The molecule has 0 aliphatic carbocycles. The van der Waals surface area contributed by atoms with Gasteiger partial charge in [0.15, 0.2) is 0 Å². The third kappa shape index (κ3) is 2.72. The molecule has 0 bridgehead atoms. The highest BCUT2D eigenvalue weighted by Crippen LogP contribution is 2.29. The van der Waals surface area contributed by atoms with Crippen molar-refractivity contribution >= 4 is 11.4 Å². The number of rotatable bonds is 3. The zero-order valence-corrected chi connectivity index (χ0v) is 11.8. The topological polar surface area (TPSA) is 77.1 Å². The lowest BCUT2D eigenvalue weighted by molar-refractivity contribution is -0.385. The van der Waals surface area contributed by atoms with E-state index < -0.39 is 0 Å². The fourth-order valence-electron chi connectivity index (χ4n) is 2.84. The normalized spacial score (nSPS) is 16.1. The molecule has 1 aromatic heterocycles. The van der Waals surface area contributed by atoms with E-state index in [4.69, 9.17) is 0 Å². The number of nitro benzene ring substituents is 1. The lowest BCUT2D eigenvalue weighted by Crippen LogP contribution is -2.34. The Kier molecular flexibility index (Phi) is 3.55. The van der Waals surface area contributed by atoms with Crippen molar-refractivity contribution < 1.29 is 4.92 Å². The van der Waals surface area contributed by atoms with Crippen LogP contribution in [0.15, 0.2) is 30.9 Å². The molecular weight excluding hydrogens is 270 g/mol. The van der Waals surface area contributed by atoms with Crippen molar-refractivity contribution in [1.82, 2.24) is 14.8 Å². The molecule has 1 fully saturated rings. The summed E-state index contributed by atoms with van der Waals surface area (Å²) in [6.45, 7) is 3.62. The van der Waals surface area contributed by atoms with Gasteiger partial charge in [0, 0.05) is 30.4 Å². The van der Waals surface area contributed by atoms with Crippen molar-refractivity contribution in [3.05, 3.63) is 46.5 Å². The Labute approximate surface area is 122 Å². The zero-order chi connectivity index (χ0) is 14.8. The van der Waals surface area contributed by atoms with E-state index in [0.29, 0.717) is 11.6 Å². The van der Waals surface area contributed by atoms with Crippen LogP contribution in [0, 0.1) is 17.0 Å². The van der Waals surface area contributed by atoms with Gasteiger partial charge in [-0.3, -0.25) is 10.1 Å². The summed E-state index contributed by atoms with van der Waals surface area (Å²) in [4.78, 5) is 16.8. The molecule has 1 aromatic carbocycles. The summed E-state index contributed by atoms with van der Waals surface area (Å²) in [5.74, 6) is 0. The molecule has 2 aromatic rings. The van der Waals surface area contributed by atoms with Gasteiger partial charge in [0.25, 0.3) is 5.69 Å². The molecule has 21 heavy (non-hydrogen) atoms. The highest BCUT2D eigenvalue weighted by Gasteiger charge is 2.22. The summed E-state index contributed by atoms with van der Waals surface area (Å²) < 4.78 is 1.92. The number of benzene rings is 1. The second-order valence-electron chi connectivity index (χ2n) is 5.32. The average Bonchev–Trinajstić information content (AvgIpc) is 3.01. The van der Waals surface area contributed by atoms with Crippen molar-refractivity contribution in [2.75, 3.05) is 18.0 Å². The second-order valence-corrected chi connectivity index (χ2v) is 5.32. The van der Waals surface area contributed by atoms with Crippen LogP contribution in [0.3, 0.4) is 0 Å². The number of nitrogens with zero attached hydrogens (tertiary/aromatic N) is 5. The van der Waals surface area contributed by atoms with Gasteiger partial charge in [0.2, 0.25) is 0 Å². The van der Waals surface area contributed by atoms with Gasteiger partial charge in [-0.05, 0) is 31.9 Å². The van der Waals surface area contributed by atoms with Crippen molar-refractivity contribution in [3.63, 3.8) is 0 Å². The summed E-state index contributed by atoms with van der Waals surface area (Å²) in [6.07, 6.45) is 5.32. The van der Waals surface area contributed by atoms with Crippen LogP contribution in [0.2, 0.25) is 0 Å². The van der Waals surface area contributed by atoms with E-state index in [-0.39, 0.29) is 10.6 Å². The Morgan fingerprint density at radius 2 is 2.10 bits per heavy atom. The standard InChI is InChI=1S/C14H17N5O2/c1-11-8-13(2-3-14(11)19(20)21)17-6-4-12(5-7-17)18-10-15-9-16-18/h2-3,8-10,12H,4-7H2,1H3. The van der Waals surface area contributed by atoms with E-state index in [1.807, 2.05) is 16.8 Å². The number of aryl methyl sites for hydroxylation is 1. The first kappa shape index (κ1) is 13.5. The van der Waals surface area contributed by atoms with Crippen LogP contribution in [-0.4, -0.2) is 32.8 Å². The second kappa shape index (κ2) is 5.51. The predicted octanol–water partition coefficient (Wildman–Crippen LogP) is 2.34. The van der Waals surface area contributed by atoms with Crippen LogP contribution in [-0.2, 0) is 0 Å². The number of piperidine rings is 1. The molecule has 2 heterocycles. The minimum absolute atomic E-state index is 0.177. The summed E-state index contributed by atoms with van der Waals surface area (Å²) >= 11 is 0. The van der Waals surface area contributed by atoms with Crippen LogP contribution in [0.25, 0.3) is 0 Å². The third-order valence-electron chi connectivity index (χ3n) is 4.02. The summed E-state index contributed by atoms with van der Waals surface area (Å²) in [7, 11) is 0. The smallest absolute Gasteiger partial charge is 0.272 e. The molecule has 1 aliphatic rings. The van der Waals surface area contributed by atoms with Crippen LogP contribution < -0.4 is 4.90 Å². The van der Waals surface area contributed by atoms with Crippen molar-refractivity contribution in [2.45, 2.75) is 25.8 Å². The van der Waals surface area contributed by atoms with Crippen LogP contribution in [0.4, 0.5) is 11.4 Å². The van der Waals surface area contributed by atoms with Gasteiger partial charge < -0.3 is 4.90 Å². The Balaban J connectivity index is 1.69. The van der Waals surface area contributed by atoms with E-state index in [2.05, 4.69) is 15.0 Å². The number of aromatic nitrogens is 3. The van der Waals surface area contributed by atoms with Gasteiger partial charge >= 0.3 is 0 Å². The Hall–Kier alpha value is -2.44. The molecule has 110 valence electrons. The molecule has 0 saturated carbocycles. The molecule has 0 amide bonds. The monoisotopic (exact) mass is 287 g/mol. The molecular formula is C14H17N5O2. The highest BCUT2D eigenvalue weighted by atomic mass is 16.6. The third-order valence-corrected chi connectivity index (χ3v) is 4.02. The molecule has 1 saturated heterocycles. The molecule has 0 atom stereocenters. The van der Waals surface area contributed by atoms with Gasteiger partial charge in [-0.25, -0.2) is 9.67 Å². The van der Waals surface area contributed by atoms with E-state index in [1.54, 1.807) is 25.6 Å². The average molecular weight is 287 g/mol. The van der Waals surface area contributed by atoms with E-state index in [1.165, 1.54) is 0 Å². The lowest BCUT2D eigenvalue weighted by Gasteiger charge is -2.33. The Bertz CT molecular complexity index is 633. The summed E-state index contributed by atoms with van der Waals surface area (Å²) in [5, 5.41) is 15.1. The van der Waals surface area contributed by atoms with Crippen molar-refractivity contribution in [1.29, 1.82) is 0 Å². The minimum Gasteiger partial charge on any atom is -0.371 e. The fraction of sp³-hybridized carbons (Fsp3) is 0.429. The van der Waals surface area contributed by atoms with Crippen LogP contribution >= 0.6 is 0 Å². The van der Waals surface area contributed by atoms with Crippen molar-refractivity contribution in [2.24, 2.45) is 0 Å². The highest BCUT2D eigenvalue weighted by molar-refractivity contribution is 5.55. The van der Waals surface area contributed by atoms with Gasteiger partial charge in [-0.1, -0.05) is 0 Å². The van der Waals surface area contributed by atoms with Crippen LogP contribution in [0.1, 0.15) is 24.4 Å². The van der Waals surface area contributed by atoms with E-state index >= 15 is 0 Å². The first-order valence-corrected chi connectivity index (χ1v) is 6.99. The Morgan fingerprint density at radius 1 is 1.33 bits per heavy atom. The molecule has 7 heteroatoms. The van der Waals surface area contributed by atoms with Gasteiger partial charge in [0.05, 0.1) is 11.0 Å². The molecule has 0 N–H and O–H groups in total. The predicted molar refractivity (Wildman–Crippen MR) is 78.3 cm³/mol. The maximum Gasteiger partial charge on any atom is 0.272 e. The molecule has 0 radical (unpaired) electrons. The largest absolute Gasteiger partial charge is 0.371 e. The van der Waals surface area contributed by atoms with E-state index in [9.17, 15) is 10.1 Å². The van der Waals surface area contributed by atoms with Gasteiger partial charge in [-0.15, -0.1) is 0 Å². The fourth-order valence-corrected chi connectivity index (χ4v) is 2.84. The first-order valence-electron chi connectivity index (χ1n) is 6.99. The first-order chi connectivity index (χ1) is 10.1. The van der Waals surface area contributed by atoms with Gasteiger partial charge in [0.1, 0.15) is 12.7 Å². The SMILES string of the molecule is Cc1cc(N2CCC(n3cncn3)CC2)ccc1[N+](=O)[O-]. The molecule has 1 aliphatic heterocycles. The Morgan fingerprint density at radius 3 is 2.67 bits per heavy atom. The molecule has 0 spiro atoms. The quantitative estimate of drug-likeness (QED) is 0.639. The number of anilines is 1. The lowest BCUT2D eigenvalue weighted by atomic mass is 10.0. The summed E-state index contributed by atoms with van der Waals surface area (Å²) in [5.41, 5.74) is 1.93. The number of nitro groups is 1. The molecule has 0 unspecified atom stereocenters. The number of hydrogen-bond donors (Lipinski definition) is 0. The summed E-state index contributed by atoms with van der Waals surface area (Å²) in [6, 6.07) is 5.71.